The Morgan fingerprint density at radius 1 is 1.41 bits per heavy atom. The highest BCUT2D eigenvalue weighted by atomic mass is 19.1. The van der Waals surface area contributed by atoms with Crippen molar-refractivity contribution in [1.82, 2.24) is 5.32 Å². The number of halogens is 1. The number of likely N-dealkylation sites (N-methyl/N-ethyl adjacent to an activating group) is 1. The molecule has 0 heterocycles. The van der Waals surface area contributed by atoms with Crippen molar-refractivity contribution in [2.45, 2.75) is 33.2 Å². The zero-order chi connectivity index (χ0) is 12.8. The number of rotatable bonds is 6. The molecule has 2 nitrogen and oxygen atoms in total. The van der Waals surface area contributed by atoms with Crippen LogP contribution in [-0.4, -0.2) is 19.7 Å². The Labute approximate surface area is 103 Å². The average molecular weight is 239 g/mol. The van der Waals surface area contributed by atoms with E-state index in [-0.39, 0.29) is 5.82 Å². The predicted molar refractivity (Wildman–Crippen MR) is 68.9 cm³/mol. The Morgan fingerprint density at radius 3 is 2.65 bits per heavy atom. The Morgan fingerprint density at radius 2 is 2.12 bits per heavy atom. The van der Waals surface area contributed by atoms with Gasteiger partial charge < -0.3 is 10.1 Å². The predicted octanol–water partition coefficient (Wildman–Crippen LogP) is 3.15. The molecule has 1 aromatic rings. The Balaban J connectivity index is 2.59. The van der Waals surface area contributed by atoms with E-state index in [0.29, 0.717) is 18.6 Å². The van der Waals surface area contributed by atoms with Crippen LogP contribution in [0, 0.1) is 18.7 Å². The fraction of sp³-hybridized carbons (Fsp3) is 0.571. The molecule has 0 saturated heterocycles. The maximum absolute atomic E-state index is 12.9. The molecule has 1 aromatic carbocycles. The Bertz CT molecular complexity index is 354. The molecule has 0 aliphatic carbocycles. The standard InChI is InChI=1S/C14H22FNO/c1-5-10(2)13(16-4)9-17-14-7-6-12(15)8-11(14)3/h6-8,10,13,16H,5,9H2,1-4H3. The summed E-state index contributed by atoms with van der Waals surface area (Å²) in [7, 11) is 1.94. The molecule has 2 atom stereocenters. The fourth-order valence-corrected chi connectivity index (χ4v) is 1.77. The van der Waals surface area contributed by atoms with E-state index in [1.165, 1.54) is 12.1 Å². The van der Waals surface area contributed by atoms with Crippen molar-refractivity contribution in [3.8, 4) is 5.75 Å². The number of hydrogen-bond donors (Lipinski definition) is 1. The SMILES string of the molecule is CCC(C)C(COc1ccc(F)cc1C)NC. The van der Waals surface area contributed by atoms with Crippen molar-refractivity contribution < 1.29 is 9.13 Å². The first-order valence-electron chi connectivity index (χ1n) is 6.14. The highest BCUT2D eigenvalue weighted by molar-refractivity contribution is 5.32. The molecule has 0 amide bonds. The van der Waals surface area contributed by atoms with Gasteiger partial charge in [-0.15, -0.1) is 0 Å². The lowest BCUT2D eigenvalue weighted by Gasteiger charge is -2.23. The molecule has 17 heavy (non-hydrogen) atoms. The van der Waals surface area contributed by atoms with E-state index in [2.05, 4.69) is 19.2 Å². The maximum atomic E-state index is 12.9. The van der Waals surface area contributed by atoms with Gasteiger partial charge in [-0.1, -0.05) is 20.3 Å². The van der Waals surface area contributed by atoms with E-state index in [4.69, 9.17) is 4.74 Å². The van der Waals surface area contributed by atoms with E-state index >= 15 is 0 Å². The van der Waals surface area contributed by atoms with Crippen LogP contribution < -0.4 is 10.1 Å². The molecule has 0 radical (unpaired) electrons. The van der Waals surface area contributed by atoms with Gasteiger partial charge in [0.25, 0.3) is 0 Å². The Hall–Kier alpha value is -1.09. The number of nitrogens with one attached hydrogen (secondary N) is 1. The summed E-state index contributed by atoms with van der Waals surface area (Å²) in [6.45, 7) is 6.83. The second kappa shape index (κ2) is 6.60. The monoisotopic (exact) mass is 239 g/mol. The van der Waals surface area contributed by atoms with Crippen LogP contribution in [0.2, 0.25) is 0 Å². The third-order valence-electron chi connectivity index (χ3n) is 3.26. The van der Waals surface area contributed by atoms with Gasteiger partial charge in [-0.2, -0.15) is 0 Å². The van der Waals surface area contributed by atoms with E-state index < -0.39 is 0 Å². The second-order valence-electron chi connectivity index (χ2n) is 4.50. The van der Waals surface area contributed by atoms with Gasteiger partial charge in [0.1, 0.15) is 18.2 Å². The molecule has 3 heteroatoms. The summed E-state index contributed by atoms with van der Waals surface area (Å²) in [5.74, 6) is 1.10. The summed E-state index contributed by atoms with van der Waals surface area (Å²) in [4.78, 5) is 0. The van der Waals surface area contributed by atoms with Crippen molar-refractivity contribution in [3.63, 3.8) is 0 Å². The number of hydrogen-bond acceptors (Lipinski definition) is 2. The van der Waals surface area contributed by atoms with Gasteiger partial charge in [-0.25, -0.2) is 4.39 Å². The molecule has 2 unspecified atom stereocenters. The normalized spacial score (nSPS) is 14.4. The number of benzene rings is 1. The topological polar surface area (TPSA) is 21.3 Å². The molecule has 0 aliphatic rings. The van der Waals surface area contributed by atoms with E-state index in [1.807, 2.05) is 14.0 Å². The first kappa shape index (κ1) is 14.0. The van der Waals surface area contributed by atoms with E-state index in [0.717, 1.165) is 17.7 Å². The molecule has 1 N–H and O–H groups in total. The van der Waals surface area contributed by atoms with Crippen LogP contribution >= 0.6 is 0 Å². The largest absolute Gasteiger partial charge is 0.492 e. The highest BCUT2D eigenvalue weighted by Gasteiger charge is 2.14. The fourth-order valence-electron chi connectivity index (χ4n) is 1.77. The van der Waals surface area contributed by atoms with Crippen LogP contribution in [0.25, 0.3) is 0 Å². The summed E-state index contributed by atoms with van der Waals surface area (Å²) >= 11 is 0. The van der Waals surface area contributed by atoms with Crippen LogP contribution in [-0.2, 0) is 0 Å². The summed E-state index contributed by atoms with van der Waals surface area (Å²) < 4.78 is 18.7. The van der Waals surface area contributed by atoms with Crippen LogP contribution in [0.1, 0.15) is 25.8 Å². The molecule has 0 spiro atoms. The van der Waals surface area contributed by atoms with E-state index in [9.17, 15) is 4.39 Å². The lowest BCUT2D eigenvalue weighted by molar-refractivity contribution is 0.227. The third-order valence-corrected chi connectivity index (χ3v) is 3.26. The molecular formula is C14H22FNO. The highest BCUT2D eigenvalue weighted by Crippen LogP contribution is 2.19. The first-order valence-corrected chi connectivity index (χ1v) is 6.14. The van der Waals surface area contributed by atoms with E-state index in [1.54, 1.807) is 6.07 Å². The van der Waals surface area contributed by atoms with Gasteiger partial charge in [0.05, 0.1) is 0 Å². The van der Waals surface area contributed by atoms with Gasteiger partial charge in [-0.05, 0) is 43.7 Å². The zero-order valence-electron chi connectivity index (χ0n) is 11.1. The van der Waals surface area contributed by atoms with Crippen molar-refractivity contribution in [2.75, 3.05) is 13.7 Å². The maximum Gasteiger partial charge on any atom is 0.123 e. The minimum absolute atomic E-state index is 0.220. The van der Waals surface area contributed by atoms with Crippen molar-refractivity contribution in [3.05, 3.63) is 29.6 Å². The van der Waals surface area contributed by atoms with Crippen LogP contribution in [0.3, 0.4) is 0 Å². The molecule has 0 bridgehead atoms. The van der Waals surface area contributed by atoms with Crippen molar-refractivity contribution >= 4 is 0 Å². The lowest BCUT2D eigenvalue weighted by atomic mass is 10.0. The van der Waals surface area contributed by atoms with Crippen LogP contribution in [0.5, 0.6) is 5.75 Å². The Kier molecular flexibility index (Phi) is 5.42. The zero-order valence-corrected chi connectivity index (χ0v) is 11.1. The minimum Gasteiger partial charge on any atom is -0.492 e. The molecule has 0 saturated carbocycles. The quantitative estimate of drug-likeness (QED) is 0.823. The third kappa shape index (κ3) is 4.00. The minimum atomic E-state index is -0.220. The number of ether oxygens (including phenoxy) is 1. The van der Waals surface area contributed by atoms with Crippen molar-refractivity contribution in [2.24, 2.45) is 5.92 Å². The van der Waals surface area contributed by atoms with Gasteiger partial charge >= 0.3 is 0 Å². The summed E-state index contributed by atoms with van der Waals surface area (Å²) in [5.41, 5.74) is 0.837. The van der Waals surface area contributed by atoms with Gasteiger partial charge in [-0.3, -0.25) is 0 Å². The van der Waals surface area contributed by atoms with Gasteiger partial charge in [0.2, 0.25) is 0 Å². The average Bonchev–Trinajstić information content (AvgIpc) is 2.31. The summed E-state index contributed by atoms with van der Waals surface area (Å²) in [6.07, 6.45) is 1.11. The first-order chi connectivity index (χ1) is 8.08. The second-order valence-corrected chi connectivity index (χ2v) is 4.50. The molecule has 96 valence electrons. The molecule has 0 aromatic heterocycles. The smallest absolute Gasteiger partial charge is 0.123 e. The molecule has 0 fully saturated rings. The summed E-state index contributed by atoms with van der Waals surface area (Å²) in [5, 5.41) is 3.25. The molecule has 0 aliphatic heterocycles. The van der Waals surface area contributed by atoms with Crippen LogP contribution in [0.15, 0.2) is 18.2 Å². The summed E-state index contributed by atoms with van der Waals surface area (Å²) in [6, 6.07) is 4.94. The van der Waals surface area contributed by atoms with Crippen molar-refractivity contribution in [1.29, 1.82) is 0 Å². The number of aryl methyl sites for hydroxylation is 1. The van der Waals surface area contributed by atoms with Gasteiger partial charge in [0, 0.05) is 6.04 Å². The molecule has 1 rings (SSSR count). The molecular weight excluding hydrogens is 217 g/mol. The lowest BCUT2D eigenvalue weighted by Crippen LogP contribution is -2.37. The van der Waals surface area contributed by atoms with Crippen LogP contribution in [0.4, 0.5) is 4.39 Å². The van der Waals surface area contributed by atoms with Gasteiger partial charge in [0.15, 0.2) is 0 Å².